The lowest BCUT2D eigenvalue weighted by atomic mass is 9.78. The second-order valence-corrected chi connectivity index (χ2v) is 18.9. The third-order valence-corrected chi connectivity index (χ3v) is 7.95. The Labute approximate surface area is 225 Å². The molecule has 0 aliphatic heterocycles. The van der Waals surface area contributed by atoms with Crippen molar-refractivity contribution in [2.24, 2.45) is 0 Å². The minimum Gasteiger partial charge on any atom is -0.490 e. The third kappa shape index (κ3) is 7.43. The molecular weight excluding hydrogens is 491 g/mol. The Morgan fingerprint density at radius 3 is 0.857 bits per heavy atom. The fourth-order valence-electron chi connectivity index (χ4n) is 4.25. The molecule has 0 saturated heterocycles. The van der Waals surface area contributed by atoms with Gasteiger partial charge in [-0.1, -0.05) is 141 Å². The summed E-state index contributed by atoms with van der Waals surface area (Å²) in [6, 6.07) is 8.71. The van der Waals surface area contributed by atoms with Crippen LogP contribution in [-0.2, 0) is 21.7 Å². The van der Waals surface area contributed by atoms with Crippen molar-refractivity contribution in [1.82, 2.24) is 0 Å². The number of hydrogen-bond donors (Lipinski definition) is 0. The molecule has 2 nitrogen and oxygen atoms in total. The maximum absolute atomic E-state index is 7.03. The van der Waals surface area contributed by atoms with Crippen molar-refractivity contribution < 1.29 is 8.85 Å². The second kappa shape index (κ2) is 9.61. The van der Waals surface area contributed by atoms with Crippen LogP contribution in [0.3, 0.4) is 0 Å². The number of halogens is 2. The number of benzene rings is 2. The van der Waals surface area contributed by atoms with Crippen molar-refractivity contribution in [2.75, 3.05) is 0 Å². The van der Waals surface area contributed by atoms with Gasteiger partial charge < -0.3 is 8.85 Å². The number of hydrogen-bond acceptors (Lipinski definition) is 2. The van der Waals surface area contributed by atoms with Crippen LogP contribution in [0.5, 0.6) is 11.5 Å². The van der Waals surface area contributed by atoms with Crippen molar-refractivity contribution in [1.29, 1.82) is 0 Å². The molecule has 0 aromatic heterocycles. The van der Waals surface area contributed by atoms with E-state index < -0.39 is 7.18 Å². The standard InChI is InChI=1S/C30H46Cl2O2Si/c1-19-15-21(27(3,4)5)25(22(16-19)28(6,7)8)33-35(31,32)34-26-23(29(9,10)11)17-20(2)18-24(26)30(12,13)14/h15-18H,1-14H3. The van der Waals surface area contributed by atoms with E-state index in [1.54, 1.807) is 0 Å². The predicted molar refractivity (Wildman–Crippen MR) is 156 cm³/mol. The molecule has 0 aliphatic rings. The number of aryl methyl sites for hydroxylation is 2. The van der Waals surface area contributed by atoms with E-state index in [0.717, 1.165) is 33.8 Å². The highest BCUT2D eigenvalue weighted by Crippen LogP contribution is 2.45. The third-order valence-electron chi connectivity index (χ3n) is 6.14. The van der Waals surface area contributed by atoms with Gasteiger partial charge in [-0.25, -0.2) is 0 Å². The monoisotopic (exact) mass is 536 g/mol. The van der Waals surface area contributed by atoms with Gasteiger partial charge in [0.05, 0.1) is 0 Å². The lowest BCUT2D eigenvalue weighted by Gasteiger charge is -2.35. The van der Waals surface area contributed by atoms with Crippen molar-refractivity contribution >= 4 is 29.3 Å². The summed E-state index contributed by atoms with van der Waals surface area (Å²) in [7, 11) is -3.72. The zero-order valence-corrected chi connectivity index (χ0v) is 26.9. The van der Waals surface area contributed by atoms with E-state index >= 15 is 0 Å². The van der Waals surface area contributed by atoms with Gasteiger partial charge in [0.1, 0.15) is 11.5 Å². The molecule has 0 N–H and O–H groups in total. The molecule has 0 atom stereocenters. The lowest BCUT2D eigenvalue weighted by Crippen LogP contribution is -2.40. The molecule has 0 saturated carbocycles. The quantitative estimate of drug-likeness (QED) is 0.285. The number of rotatable bonds is 4. The van der Waals surface area contributed by atoms with Crippen LogP contribution in [0.2, 0.25) is 0 Å². The van der Waals surface area contributed by atoms with Gasteiger partial charge in [-0.3, -0.25) is 0 Å². The van der Waals surface area contributed by atoms with Crippen molar-refractivity contribution in [2.45, 2.75) is 119 Å². The summed E-state index contributed by atoms with van der Waals surface area (Å²) >= 11 is 14.1. The smallest absolute Gasteiger partial charge is 0.490 e. The summed E-state index contributed by atoms with van der Waals surface area (Å²) in [5.41, 5.74) is 6.09. The molecule has 2 rings (SSSR count). The lowest BCUT2D eigenvalue weighted by molar-refractivity contribution is 0.396. The molecular formula is C30H46Cl2O2Si. The Bertz CT molecular complexity index is 920. The van der Waals surface area contributed by atoms with Gasteiger partial charge in [-0.15, -0.1) is 0 Å². The average molecular weight is 538 g/mol. The fraction of sp³-hybridized carbons (Fsp3) is 0.600. The fourth-order valence-corrected chi connectivity index (χ4v) is 6.14. The highest BCUT2D eigenvalue weighted by molar-refractivity contribution is 7.39. The highest BCUT2D eigenvalue weighted by Gasteiger charge is 2.44. The summed E-state index contributed by atoms with van der Waals surface area (Å²) < 4.78 is 13.2. The Balaban J connectivity index is 2.75. The van der Waals surface area contributed by atoms with E-state index in [9.17, 15) is 0 Å². The van der Waals surface area contributed by atoms with Gasteiger partial charge in [0.25, 0.3) is 0 Å². The van der Waals surface area contributed by atoms with Gasteiger partial charge in [0.15, 0.2) is 0 Å². The van der Waals surface area contributed by atoms with E-state index in [1.807, 2.05) is 0 Å². The summed E-state index contributed by atoms with van der Waals surface area (Å²) in [5, 5.41) is 0. The Kier molecular flexibility index (Phi) is 8.26. The Morgan fingerprint density at radius 1 is 0.486 bits per heavy atom. The summed E-state index contributed by atoms with van der Waals surface area (Å²) in [5.74, 6) is 1.49. The molecule has 2 aromatic carbocycles. The molecule has 0 spiro atoms. The minimum absolute atomic E-state index is 0.156. The molecule has 0 fully saturated rings. The van der Waals surface area contributed by atoms with Gasteiger partial charge >= 0.3 is 7.18 Å². The van der Waals surface area contributed by atoms with E-state index in [1.165, 1.54) is 11.1 Å². The van der Waals surface area contributed by atoms with Crippen LogP contribution < -0.4 is 8.85 Å². The average Bonchev–Trinajstić information content (AvgIpc) is 2.60. The normalized spacial score (nSPS) is 13.7. The first-order valence-corrected chi connectivity index (χ1v) is 16.3. The first kappa shape index (κ1) is 30.1. The summed E-state index contributed by atoms with van der Waals surface area (Å²) in [6.07, 6.45) is 0. The van der Waals surface area contributed by atoms with Crippen LogP contribution in [0.4, 0.5) is 0 Å². The Hall–Kier alpha value is -1.16. The van der Waals surface area contributed by atoms with Crippen LogP contribution >= 0.6 is 22.2 Å². The van der Waals surface area contributed by atoms with Gasteiger partial charge in [0.2, 0.25) is 0 Å². The molecule has 2 aromatic rings. The van der Waals surface area contributed by atoms with E-state index in [2.05, 4.69) is 121 Å². The van der Waals surface area contributed by atoms with Crippen molar-refractivity contribution in [3.63, 3.8) is 0 Å². The SMILES string of the molecule is Cc1cc(C(C)(C)C)c(O[Si](Cl)(Cl)Oc2c(C(C)(C)C)cc(C)cc2C(C)(C)C)c(C(C)(C)C)c1. The van der Waals surface area contributed by atoms with E-state index in [4.69, 9.17) is 31.0 Å². The second-order valence-electron chi connectivity index (χ2n) is 14.0. The van der Waals surface area contributed by atoms with Gasteiger partial charge in [0, 0.05) is 0 Å². The highest BCUT2D eigenvalue weighted by atomic mass is 35.7. The Morgan fingerprint density at radius 2 is 0.686 bits per heavy atom. The summed E-state index contributed by atoms with van der Waals surface area (Å²) in [4.78, 5) is 0. The summed E-state index contributed by atoms with van der Waals surface area (Å²) in [6.45, 7) is 30.4. The van der Waals surface area contributed by atoms with Crippen LogP contribution in [0.25, 0.3) is 0 Å². The molecule has 0 amide bonds. The van der Waals surface area contributed by atoms with E-state index in [0.29, 0.717) is 0 Å². The van der Waals surface area contributed by atoms with Crippen molar-refractivity contribution in [3.05, 3.63) is 57.6 Å². The zero-order chi connectivity index (χ0) is 27.4. The molecule has 196 valence electrons. The molecule has 0 unspecified atom stereocenters. The molecule has 0 radical (unpaired) electrons. The zero-order valence-electron chi connectivity index (χ0n) is 24.4. The van der Waals surface area contributed by atoms with Crippen molar-refractivity contribution in [3.8, 4) is 11.5 Å². The molecule has 0 aliphatic carbocycles. The van der Waals surface area contributed by atoms with Gasteiger partial charge in [-0.05, 0) is 57.8 Å². The molecule has 5 heteroatoms. The van der Waals surface area contributed by atoms with Crippen LogP contribution in [-0.4, -0.2) is 7.18 Å². The maximum Gasteiger partial charge on any atom is 0.681 e. The first-order chi connectivity index (χ1) is 15.4. The van der Waals surface area contributed by atoms with Crippen LogP contribution in [0.1, 0.15) is 116 Å². The first-order valence-electron chi connectivity index (χ1n) is 12.5. The predicted octanol–water partition coefficient (Wildman–Crippen LogP) is 9.86. The molecule has 35 heavy (non-hydrogen) atoms. The van der Waals surface area contributed by atoms with Gasteiger partial charge in [-0.2, -0.15) is 0 Å². The minimum atomic E-state index is -3.72. The molecule has 0 bridgehead atoms. The van der Waals surface area contributed by atoms with Crippen LogP contribution in [0.15, 0.2) is 24.3 Å². The van der Waals surface area contributed by atoms with Crippen LogP contribution in [0, 0.1) is 13.8 Å². The molecule has 0 heterocycles. The van der Waals surface area contributed by atoms with E-state index in [-0.39, 0.29) is 21.7 Å². The topological polar surface area (TPSA) is 18.5 Å². The largest absolute Gasteiger partial charge is 0.681 e. The maximum atomic E-state index is 7.03.